The zero-order chi connectivity index (χ0) is 19.4. The maximum atomic E-state index is 13.9. The molecule has 3 aromatic carbocycles. The molecule has 0 aliphatic rings. The summed E-state index contributed by atoms with van der Waals surface area (Å²) in [7, 11) is 1.09. The summed E-state index contributed by atoms with van der Waals surface area (Å²) in [5.41, 5.74) is -0.725. The molecule has 0 fully saturated rings. The summed E-state index contributed by atoms with van der Waals surface area (Å²) < 4.78 is 32.0. The highest BCUT2D eigenvalue weighted by Gasteiger charge is 2.18. The van der Waals surface area contributed by atoms with Crippen molar-refractivity contribution in [2.75, 3.05) is 18.2 Å². The number of esters is 1. The number of rotatable bonds is 5. The number of ether oxygens (including phenoxy) is 1. The van der Waals surface area contributed by atoms with Gasteiger partial charge in [0.15, 0.2) is 0 Å². The molecule has 0 saturated carbocycles. The molecule has 0 heterocycles. The van der Waals surface area contributed by atoms with E-state index in [1.165, 1.54) is 11.8 Å². The lowest BCUT2D eigenvalue weighted by Gasteiger charge is -2.09. The molecule has 3 rings (SSSR count). The number of carbonyl (C=O) groups is 2. The van der Waals surface area contributed by atoms with Crippen LogP contribution in [0.4, 0.5) is 14.5 Å². The van der Waals surface area contributed by atoms with Crippen molar-refractivity contribution in [3.05, 3.63) is 71.8 Å². The fourth-order valence-corrected chi connectivity index (χ4v) is 3.25. The summed E-state index contributed by atoms with van der Waals surface area (Å²) in [5.74, 6) is -3.42. The highest BCUT2D eigenvalue weighted by atomic mass is 32.2. The maximum Gasteiger partial charge on any atom is 0.340 e. The molecule has 0 aliphatic heterocycles. The smallest absolute Gasteiger partial charge is 0.340 e. The topological polar surface area (TPSA) is 55.4 Å². The maximum absolute atomic E-state index is 13.9. The molecule has 7 heteroatoms. The number of hydrogen-bond acceptors (Lipinski definition) is 4. The van der Waals surface area contributed by atoms with Gasteiger partial charge in [-0.3, -0.25) is 4.79 Å². The standard InChI is InChI=1S/C20H15F2NO3S/c1-26-20(25)15-9-18(17(22)10-16(15)21)23-19(24)11-27-14-7-6-12-4-2-3-5-13(12)8-14/h2-10H,11H2,1H3,(H,23,24). The van der Waals surface area contributed by atoms with E-state index in [0.717, 1.165) is 28.8 Å². The molecule has 1 amide bonds. The second-order valence-corrected chi connectivity index (χ2v) is 6.70. The van der Waals surface area contributed by atoms with E-state index in [-0.39, 0.29) is 11.4 Å². The molecule has 3 aromatic rings. The number of benzene rings is 3. The lowest BCUT2D eigenvalue weighted by atomic mass is 10.1. The molecule has 27 heavy (non-hydrogen) atoms. The lowest BCUT2D eigenvalue weighted by molar-refractivity contribution is -0.113. The van der Waals surface area contributed by atoms with Crippen LogP contribution in [0.25, 0.3) is 10.8 Å². The van der Waals surface area contributed by atoms with Gasteiger partial charge in [0.1, 0.15) is 11.6 Å². The van der Waals surface area contributed by atoms with Gasteiger partial charge in [0.05, 0.1) is 24.1 Å². The molecule has 0 saturated heterocycles. The van der Waals surface area contributed by atoms with E-state index in [9.17, 15) is 18.4 Å². The predicted molar refractivity (Wildman–Crippen MR) is 101 cm³/mol. The normalized spacial score (nSPS) is 10.6. The predicted octanol–water partition coefficient (Wildman–Crippen LogP) is 4.64. The average molecular weight is 387 g/mol. The number of nitrogens with one attached hydrogen (secondary N) is 1. The zero-order valence-electron chi connectivity index (χ0n) is 14.3. The Bertz CT molecular complexity index is 1020. The Labute approximate surface area is 158 Å². The SMILES string of the molecule is COC(=O)c1cc(NC(=O)CSc2ccc3ccccc3c2)c(F)cc1F. The van der Waals surface area contributed by atoms with Gasteiger partial charge >= 0.3 is 5.97 Å². The summed E-state index contributed by atoms with van der Waals surface area (Å²) >= 11 is 1.29. The summed E-state index contributed by atoms with van der Waals surface area (Å²) in [4.78, 5) is 24.5. The Hall–Kier alpha value is -2.93. The van der Waals surface area contributed by atoms with Crippen molar-refractivity contribution >= 4 is 40.1 Å². The molecule has 0 unspecified atom stereocenters. The van der Waals surface area contributed by atoms with Gasteiger partial charge in [-0.15, -0.1) is 11.8 Å². The van der Waals surface area contributed by atoms with Crippen molar-refractivity contribution < 1.29 is 23.1 Å². The summed E-state index contributed by atoms with van der Waals surface area (Å²) in [6.07, 6.45) is 0. The van der Waals surface area contributed by atoms with E-state index in [1.807, 2.05) is 42.5 Å². The zero-order valence-corrected chi connectivity index (χ0v) is 15.1. The first-order chi connectivity index (χ1) is 13.0. The number of fused-ring (bicyclic) bond motifs is 1. The Morgan fingerprint density at radius 3 is 2.48 bits per heavy atom. The number of thioether (sulfide) groups is 1. The van der Waals surface area contributed by atoms with E-state index in [1.54, 1.807) is 0 Å². The van der Waals surface area contributed by atoms with E-state index in [2.05, 4.69) is 10.1 Å². The Balaban J connectivity index is 1.69. The fraction of sp³-hybridized carbons (Fsp3) is 0.100. The first kappa shape index (κ1) is 18.8. The Kier molecular flexibility index (Phi) is 5.71. The van der Waals surface area contributed by atoms with E-state index >= 15 is 0 Å². The van der Waals surface area contributed by atoms with Crippen molar-refractivity contribution in [1.82, 2.24) is 0 Å². The number of methoxy groups -OCH3 is 1. The minimum atomic E-state index is -1.05. The van der Waals surface area contributed by atoms with Crippen LogP contribution in [0.1, 0.15) is 10.4 Å². The monoisotopic (exact) mass is 387 g/mol. The van der Waals surface area contributed by atoms with Crippen LogP contribution >= 0.6 is 11.8 Å². The van der Waals surface area contributed by atoms with Gasteiger partial charge in [0, 0.05) is 11.0 Å². The minimum absolute atomic E-state index is 0.0305. The van der Waals surface area contributed by atoms with Crippen LogP contribution < -0.4 is 5.32 Å². The lowest BCUT2D eigenvalue weighted by Crippen LogP contribution is -2.16. The van der Waals surface area contributed by atoms with Gasteiger partial charge in [-0.2, -0.15) is 0 Å². The average Bonchev–Trinajstić information content (AvgIpc) is 2.67. The van der Waals surface area contributed by atoms with Gasteiger partial charge in [0.2, 0.25) is 5.91 Å². The molecule has 0 atom stereocenters. The van der Waals surface area contributed by atoms with Gasteiger partial charge in [0.25, 0.3) is 0 Å². The highest BCUT2D eigenvalue weighted by molar-refractivity contribution is 8.00. The molecule has 0 bridgehead atoms. The first-order valence-electron chi connectivity index (χ1n) is 7.97. The molecule has 0 aromatic heterocycles. The number of carbonyl (C=O) groups excluding carboxylic acids is 2. The number of hydrogen-bond donors (Lipinski definition) is 1. The molecular weight excluding hydrogens is 372 g/mol. The van der Waals surface area contributed by atoms with Crippen LogP contribution in [0.3, 0.4) is 0 Å². The van der Waals surface area contributed by atoms with Crippen molar-refractivity contribution in [3.63, 3.8) is 0 Å². The van der Waals surface area contributed by atoms with Crippen molar-refractivity contribution in [2.45, 2.75) is 4.90 Å². The highest BCUT2D eigenvalue weighted by Crippen LogP contribution is 2.25. The van der Waals surface area contributed by atoms with Gasteiger partial charge in [-0.25, -0.2) is 13.6 Å². The van der Waals surface area contributed by atoms with Crippen molar-refractivity contribution in [3.8, 4) is 0 Å². The quantitative estimate of drug-likeness (QED) is 0.512. The van der Waals surface area contributed by atoms with E-state index in [4.69, 9.17) is 0 Å². The number of amides is 1. The Morgan fingerprint density at radius 1 is 1.00 bits per heavy atom. The van der Waals surface area contributed by atoms with Crippen LogP contribution in [-0.2, 0) is 9.53 Å². The summed E-state index contributed by atoms with van der Waals surface area (Å²) in [6.45, 7) is 0. The second-order valence-electron chi connectivity index (χ2n) is 5.65. The fourth-order valence-electron chi connectivity index (χ4n) is 2.50. The third kappa shape index (κ3) is 4.43. The molecule has 0 spiro atoms. The Morgan fingerprint density at radius 2 is 1.74 bits per heavy atom. The molecular formula is C20H15F2NO3S. The number of halogens is 2. The van der Waals surface area contributed by atoms with Gasteiger partial charge in [-0.1, -0.05) is 30.3 Å². The minimum Gasteiger partial charge on any atom is -0.465 e. The third-order valence-electron chi connectivity index (χ3n) is 3.83. The van der Waals surface area contributed by atoms with Crippen LogP contribution in [0.2, 0.25) is 0 Å². The largest absolute Gasteiger partial charge is 0.465 e. The third-order valence-corrected chi connectivity index (χ3v) is 4.82. The van der Waals surface area contributed by atoms with Gasteiger partial charge < -0.3 is 10.1 Å². The van der Waals surface area contributed by atoms with Crippen molar-refractivity contribution in [1.29, 1.82) is 0 Å². The molecule has 138 valence electrons. The van der Waals surface area contributed by atoms with Crippen LogP contribution in [0.5, 0.6) is 0 Å². The van der Waals surface area contributed by atoms with Crippen LogP contribution in [-0.4, -0.2) is 24.7 Å². The van der Waals surface area contributed by atoms with Crippen LogP contribution in [0, 0.1) is 11.6 Å². The molecule has 0 aliphatic carbocycles. The van der Waals surface area contributed by atoms with E-state index < -0.39 is 29.1 Å². The first-order valence-corrected chi connectivity index (χ1v) is 8.95. The van der Waals surface area contributed by atoms with E-state index in [0.29, 0.717) is 6.07 Å². The van der Waals surface area contributed by atoms with Crippen molar-refractivity contribution in [2.24, 2.45) is 0 Å². The molecule has 0 radical (unpaired) electrons. The van der Waals surface area contributed by atoms with Gasteiger partial charge in [-0.05, 0) is 29.0 Å². The molecule has 1 N–H and O–H groups in total. The summed E-state index contributed by atoms with van der Waals surface area (Å²) in [6, 6.07) is 15.1. The molecule has 4 nitrogen and oxygen atoms in total. The number of anilines is 1. The summed E-state index contributed by atoms with van der Waals surface area (Å²) in [5, 5.41) is 4.50. The second kappa shape index (κ2) is 8.18. The van der Waals surface area contributed by atoms with Crippen LogP contribution in [0.15, 0.2) is 59.5 Å².